The van der Waals surface area contributed by atoms with Crippen molar-refractivity contribution in [3.8, 4) is 11.1 Å². The molecule has 0 aliphatic rings. The standard InChI is InChI=1S/C18H15NO3/c1-2-22-18(20)17-14-10-6-7-11-16(14)19(21)12-15(17)13-8-4-3-5-9-13/h3-12H,2H2,1H3. The number of para-hydroxylation sites is 1. The van der Waals surface area contributed by atoms with E-state index in [0.717, 1.165) is 10.3 Å². The molecule has 0 radical (unpaired) electrons. The molecule has 22 heavy (non-hydrogen) atoms. The molecule has 1 heterocycles. The monoisotopic (exact) mass is 293 g/mol. The molecule has 4 nitrogen and oxygen atoms in total. The number of hydrogen-bond acceptors (Lipinski definition) is 3. The highest BCUT2D eigenvalue weighted by atomic mass is 16.5. The number of carbonyl (C=O) groups is 1. The molecule has 0 saturated carbocycles. The Morgan fingerprint density at radius 2 is 1.77 bits per heavy atom. The number of pyridine rings is 1. The van der Waals surface area contributed by atoms with Crippen molar-refractivity contribution in [1.29, 1.82) is 0 Å². The lowest BCUT2D eigenvalue weighted by molar-refractivity contribution is -0.576. The van der Waals surface area contributed by atoms with Gasteiger partial charge in [-0.05, 0) is 18.6 Å². The highest BCUT2D eigenvalue weighted by Crippen LogP contribution is 2.28. The molecule has 0 spiro atoms. The van der Waals surface area contributed by atoms with Gasteiger partial charge in [-0.1, -0.05) is 42.5 Å². The molecule has 3 rings (SSSR count). The number of nitrogens with zero attached hydrogens (tertiary/aromatic N) is 1. The third-order valence-electron chi connectivity index (χ3n) is 3.49. The molecule has 0 N–H and O–H groups in total. The molecule has 4 heteroatoms. The van der Waals surface area contributed by atoms with Gasteiger partial charge in [0.2, 0.25) is 5.52 Å². The van der Waals surface area contributed by atoms with Gasteiger partial charge >= 0.3 is 5.97 Å². The molecule has 0 aliphatic carbocycles. The van der Waals surface area contributed by atoms with Crippen LogP contribution >= 0.6 is 0 Å². The second kappa shape index (κ2) is 5.85. The summed E-state index contributed by atoms with van der Waals surface area (Å²) in [6.45, 7) is 2.05. The molecule has 3 aromatic rings. The SMILES string of the molecule is CCOC(=O)c1c(-c2ccccc2)c[n+]([O-])c2ccccc12. The van der Waals surface area contributed by atoms with Gasteiger partial charge in [0.05, 0.1) is 23.1 Å². The van der Waals surface area contributed by atoms with Crippen LogP contribution < -0.4 is 4.73 Å². The molecule has 0 amide bonds. The molecular weight excluding hydrogens is 278 g/mol. The normalized spacial score (nSPS) is 10.6. The number of esters is 1. The molecule has 0 saturated heterocycles. The van der Waals surface area contributed by atoms with Crippen molar-refractivity contribution in [3.05, 3.63) is 71.6 Å². The minimum absolute atomic E-state index is 0.285. The highest BCUT2D eigenvalue weighted by Gasteiger charge is 2.22. The predicted octanol–water partition coefficient (Wildman–Crippen LogP) is 3.32. The Kier molecular flexibility index (Phi) is 3.74. The zero-order valence-electron chi connectivity index (χ0n) is 12.2. The quantitative estimate of drug-likeness (QED) is 0.423. The smallest absolute Gasteiger partial charge is 0.339 e. The Labute approximate surface area is 128 Å². The third-order valence-corrected chi connectivity index (χ3v) is 3.49. The summed E-state index contributed by atoms with van der Waals surface area (Å²) in [5.74, 6) is -0.418. The maximum Gasteiger partial charge on any atom is 0.339 e. The van der Waals surface area contributed by atoms with E-state index in [1.165, 1.54) is 6.20 Å². The first-order chi connectivity index (χ1) is 10.7. The van der Waals surface area contributed by atoms with Crippen LogP contribution in [0.25, 0.3) is 22.0 Å². The van der Waals surface area contributed by atoms with Crippen LogP contribution in [0, 0.1) is 5.21 Å². The fraction of sp³-hybridized carbons (Fsp3) is 0.111. The number of fused-ring (bicyclic) bond motifs is 1. The van der Waals surface area contributed by atoms with Crippen LogP contribution in [0.3, 0.4) is 0 Å². The number of ether oxygens (including phenoxy) is 1. The second-order valence-electron chi connectivity index (χ2n) is 4.85. The van der Waals surface area contributed by atoms with Crippen LogP contribution in [0.5, 0.6) is 0 Å². The van der Waals surface area contributed by atoms with Gasteiger partial charge in [0.15, 0.2) is 6.20 Å². The molecule has 0 aliphatic heterocycles. The van der Waals surface area contributed by atoms with Crippen LogP contribution in [0.2, 0.25) is 0 Å². The minimum Gasteiger partial charge on any atom is -0.618 e. The summed E-state index contributed by atoms with van der Waals surface area (Å²) < 4.78 is 5.98. The maximum atomic E-state index is 12.4. The molecule has 0 bridgehead atoms. The lowest BCUT2D eigenvalue weighted by atomic mass is 9.98. The van der Waals surface area contributed by atoms with Crippen molar-refractivity contribution in [1.82, 2.24) is 0 Å². The lowest BCUT2D eigenvalue weighted by Gasteiger charge is -2.12. The van der Waals surface area contributed by atoms with Gasteiger partial charge in [-0.15, -0.1) is 0 Å². The highest BCUT2D eigenvalue weighted by molar-refractivity contribution is 6.08. The van der Waals surface area contributed by atoms with E-state index in [-0.39, 0.29) is 6.61 Å². The van der Waals surface area contributed by atoms with Crippen molar-refractivity contribution in [2.75, 3.05) is 6.61 Å². The van der Waals surface area contributed by atoms with Gasteiger partial charge in [0, 0.05) is 6.07 Å². The van der Waals surface area contributed by atoms with Gasteiger partial charge in [-0.3, -0.25) is 0 Å². The van der Waals surface area contributed by atoms with E-state index >= 15 is 0 Å². The summed E-state index contributed by atoms with van der Waals surface area (Å²) in [5.41, 5.74) is 2.26. The summed E-state index contributed by atoms with van der Waals surface area (Å²) in [5, 5.41) is 12.9. The van der Waals surface area contributed by atoms with E-state index in [9.17, 15) is 10.0 Å². The Morgan fingerprint density at radius 3 is 2.50 bits per heavy atom. The van der Waals surface area contributed by atoms with Gasteiger partial charge < -0.3 is 9.94 Å². The Bertz CT molecular complexity index is 828. The molecule has 0 fully saturated rings. The third kappa shape index (κ3) is 2.39. The van der Waals surface area contributed by atoms with E-state index in [2.05, 4.69) is 0 Å². The largest absolute Gasteiger partial charge is 0.618 e. The number of rotatable bonds is 3. The molecular formula is C18H15NO3. The molecule has 0 unspecified atom stereocenters. The molecule has 110 valence electrons. The van der Waals surface area contributed by atoms with Crippen molar-refractivity contribution in [2.24, 2.45) is 0 Å². The first-order valence-corrected chi connectivity index (χ1v) is 7.10. The number of aromatic nitrogens is 1. The Balaban J connectivity index is 2.35. The van der Waals surface area contributed by atoms with Crippen LogP contribution in [0.1, 0.15) is 17.3 Å². The van der Waals surface area contributed by atoms with Crippen molar-refractivity contribution in [2.45, 2.75) is 6.92 Å². The van der Waals surface area contributed by atoms with E-state index in [4.69, 9.17) is 4.74 Å². The van der Waals surface area contributed by atoms with Crippen LogP contribution in [-0.2, 0) is 4.74 Å². The first kappa shape index (κ1) is 14.1. The summed E-state index contributed by atoms with van der Waals surface area (Å²) >= 11 is 0. The Morgan fingerprint density at radius 1 is 1.09 bits per heavy atom. The Hall–Kier alpha value is -2.88. The average molecular weight is 293 g/mol. The van der Waals surface area contributed by atoms with Gasteiger partial charge in [0.25, 0.3) is 0 Å². The first-order valence-electron chi connectivity index (χ1n) is 7.10. The topological polar surface area (TPSA) is 53.2 Å². The number of hydrogen-bond donors (Lipinski definition) is 0. The molecule has 2 aromatic carbocycles. The number of carbonyl (C=O) groups excluding carboxylic acids is 1. The fourth-order valence-corrected chi connectivity index (χ4v) is 2.53. The van der Waals surface area contributed by atoms with Gasteiger partial charge in [0.1, 0.15) is 0 Å². The van der Waals surface area contributed by atoms with Crippen molar-refractivity contribution < 1.29 is 14.3 Å². The minimum atomic E-state index is -0.418. The summed E-state index contributed by atoms with van der Waals surface area (Å²) in [6, 6.07) is 16.4. The predicted molar refractivity (Wildman–Crippen MR) is 84.3 cm³/mol. The van der Waals surface area contributed by atoms with Crippen LogP contribution in [0.4, 0.5) is 0 Å². The number of benzene rings is 2. The van der Waals surface area contributed by atoms with E-state index in [0.29, 0.717) is 22.0 Å². The van der Waals surface area contributed by atoms with Gasteiger partial charge in [-0.25, -0.2) is 4.79 Å². The summed E-state index contributed by atoms with van der Waals surface area (Å²) in [4.78, 5) is 12.4. The zero-order valence-corrected chi connectivity index (χ0v) is 12.2. The maximum absolute atomic E-state index is 12.4. The van der Waals surface area contributed by atoms with E-state index in [1.54, 1.807) is 31.2 Å². The van der Waals surface area contributed by atoms with Crippen molar-refractivity contribution in [3.63, 3.8) is 0 Å². The average Bonchev–Trinajstić information content (AvgIpc) is 2.56. The summed E-state index contributed by atoms with van der Waals surface area (Å²) in [7, 11) is 0. The van der Waals surface area contributed by atoms with Crippen LogP contribution in [-0.4, -0.2) is 12.6 Å². The fourth-order valence-electron chi connectivity index (χ4n) is 2.53. The second-order valence-corrected chi connectivity index (χ2v) is 4.85. The molecule has 0 atom stereocenters. The van der Waals surface area contributed by atoms with E-state index < -0.39 is 5.97 Å². The summed E-state index contributed by atoms with van der Waals surface area (Å²) in [6.07, 6.45) is 1.43. The zero-order chi connectivity index (χ0) is 15.5. The van der Waals surface area contributed by atoms with Crippen LogP contribution in [0.15, 0.2) is 60.8 Å². The van der Waals surface area contributed by atoms with E-state index in [1.807, 2.05) is 30.3 Å². The molecule has 1 aromatic heterocycles. The van der Waals surface area contributed by atoms with Crippen molar-refractivity contribution >= 4 is 16.9 Å². The van der Waals surface area contributed by atoms with Gasteiger partial charge in [-0.2, -0.15) is 4.73 Å². The lowest BCUT2D eigenvalue weighted by Crippen LogP contribution is -2.28.